The molecule has 2 amide bonds. The van der Waals surface area contributed by atoms with Gasteiger partial charge in [0.2, 0.25) is 0 Å². The van der Waals surface area contributed by atoms with Crippen molar-refractivity contribution in [1.29, 1.82) is 0 Å². The first-order valence-corrected chi connectivity index (χ1v) is 11.3. The number of nitrogens with zero attached hydrogens (tertiary/aromatic N) is 5. The van der Waals surface area contributed by atoms with Crippen LogP contribution in [0.5, 0.6) is 0 Å². The molecule has 1 fully saturated rings. The number of rotatable bonds is 4. The Morgan fingerprint density at radius 1 is 1.11 bits per heavy atom. The highest BCUT2D eigenvalue weighted by Crippen LogP contribution is 2.36. The average molecular weight is 466 g/mol. The molecule has 5 rings (SSSR count). The highest BCUT2D eigenvalue weighted by atomic mass is 16.2. The third kappa shape index (κ3) is 4.17. The maximum absolute atomic E-state index is 12.6. The predicted octanol–water partition coefficient (Wildman–Crippen LogP) is 3.31. The quantitative estimate of drug-likeness (QED) is 0.447. The van der Waals surface area contributed by atoms with Crippen LogP contribution in [0.25, 0.3) is 16.8 Å². The lowest BCUT2D eigenvalue weighted by Crippen LogP contribution is -2.30. The number of aromatic nitrogens is 4. The number of carbonyl (C=O) groups excluding carboxylic acids is 2. The molecule has 3 aromatic heterocycles. The van der Waals surface area contributed by atoms with E-state index in [1.807, 2.05) is 16.5 Å². The fourth-order valence-corrected chi connectivity index (χ4v) is 4.39. The standard InChI is InChI=1S/C26H23N7O2/c1-2-6-21(34)32-15-5-7-19(32)25-31-22(23-24(27)29-14-16-33(23)25)17-9-11-18(12-10-17)26(35)30-20-8-3-4-13-28-20/h3-4,8-14,16,19H,5,7,15H2,1H3,(H2,27,29)(H,28,30,35). The van der Waals surface area contributed by atoms with Gasteiger partial charge in [-0.25, -0.2) is 15.0 Å². The molecule has 9 heteroatoms. The van der Waals surface area contributed by atoms with Gasteiger partial charge in [0, 0.05) is 36.3 Å². The first-order chi connectivity index (χ1) is 17.1. The van der Waals surface area contributed by atoms with Crippen LogP contribution in [-0.2, 0) is 4.79 Å². The van der Waals surface area contributed by atoms with E-state index in [-0.39, 0.29) is 17.9 Å². The number of fused-ring (bicyclic) bond motifs is 1. The van der Waals surface area contributed by atoms with E-state index in [4.69, 9.17) is 10.7 Å². The molecule has 3 N–H and O–H groups in total. The third-order valence-corrected chi connectivity index (χ3v) is 5.98. The summed E-state index contributed by atoms with van der Waals surface area (Å²) in [6.07, 6.45) is 6.69. The number of imidazole rings is 1. The van der Waals surface area contributed by atoms with Gasteiger partial charge in [-0.1, -0.05) is 24.1 Å². The summed E-state index contributed by atoms with van der Waals surface area (Å²) in [4.78, 5) is 40.3. The highest BCUT2D eigenvalue weighted by molar-refractivity contribution is 6.04. The largest absolute Gasteiger partial charge is 0.382 e. The average Bonchev–Trinajstić information content (AvgIpc) is 3.51. The third-order valence-electron chi connectivity index (χ3n) is 5.98. The van der Waals surface area contributed by atoms with Crippen LogP contribution in [0.4, 0.5) is 11.6 Å². The van der Waals surface area contributed by atoms with Crippen LogP contribution in [0.3, 0.4) is 0 Å². The number of anilines is 2. The molecule has 1 aliphatic rings. The summed E-state index contributed by atoms with van der Waals surface area (Å²) in [5.41, 5.74) is 8.84. The Morgan fingerprint density at radius 2 is 1.94 bits per heavy atom. The van der Waals surface area contributed by atoms with Crippen LogP contribution in [0, 0.1) is 11.8 Å². The highest BCUT2D eigenvalue weighted by Gasteiger charge is 2.33. The summed E-state index contributed by atoms with van der Waals surface area (Å²) in [5, 5.41) is 2.77. The molecule has 174 valence electrons. The van der Waals surface area contributed by atoms with Gasteiger partial charge in [-0.05, 0) is 50.0 Å². The van der Waals surface area contributed by atoms with Gasteiger partial charge in [-0.15, -0.1) is 0 Å². The Morgan fingerprint density at radius 3 is 2.69 bits per heavy atom. The number of nitrogens with two attached hydrogens (primary N) is 1. The number of carbonyl (C=O) groups is 2. The molecule has 1 unspecified atom stereocenters. The minimum Gasteiger partial charge on any atom is -0.382 e. The molecule has 1 saturated heterocycles. The van der Waals surface area contributed by atoms with Crippen molar-refractivity contribution in [3.63, 3.8) is 0 Å². The van der Waals surface area contributed by atoms with E-state index in [1.54, 1.807) is 60.7 Å². The Kier molecular flexibility index (Phi) is 5.85. The van der Waals surface area contributed by atoms with E-state index in [0.29, 0.717) is 40.8 Å². The fourth-order valence-electron chi connectivity index (χ4n) is 4.39. The molecule has 35 heavy (non-hydrogen) atoms. The van der Waals surface area contributed by atoms with Crippen LogP contribution < -0.4 is 11.1 Å². The number of amides is 2. The van der Waals surface area contributed by atoms with Crippen molar-refractivity contribution in [3.05, 3.63) is 72.4 Å². The van der Waals surface area contributed by atoms with E-state index in [0.717, 1.165) is 18.4 Å². The van der Waals surface area contributed by atoms with Crippen LogP contribution in [0.2, 0.25) is 0 Å². The van der Waals surface area contributed by atoms with Crippen molar-refractivity contribution in [2.45, 2.75) is 25.8 Å². The molecule has 0 aliphatic carbocycles. The number of pyridine rings is 1. The van der Waals surface area contributed by atoms with Gasteiger partial charge in [0.05, 0.1) is 6.04 Å². The molecule has 4 heterocycles. The van der Waals surface area contributed by atoms with Gasteiger partial charge in [0.25, 0.3) is 11.8 Å². The number of likely N-dealkylation sites (tertiary alicyclic amines) is 1. The van der Waals surface area contributed by atoms with Crippen molar-refractivity contribution >= 4 is 29.0 Å². The molecule has 0 bridgehead atoms. The number of benzene rings is 1. The zero-order chi connectivity index (χ0) is 24.4. The Labute approximate surface area is 202 Å². The number of nitrogen functional groups attached to an aromatic ring is 1. The molecular formula is C26H23N7O2. The zero-order valence-electron chi connectivity index (χ0n) is 19.1. The summed E-state index contributed by atoms with van der Waals surface area (Å²) >= 11 is 0. The van der Waals surface area contributed by atoms with Crippen molar-refractivity contribution in [3.8, 4) is 23.1 Å². The molecule has 0 spiro atoms. The van der Waals surface area contributed by atoms with E-state index in [1.165, 1.54) is 0 Å². The molecule has 1 aromatic carbocycles. The topological polar surface area (TPSA) is 119 Å². The number of nitrogens with one attached hydrogen (secondary N) is 1. The minimum absolute atomic E-state index is 0.210. The van der Waals surface area contributed by atoms with Gasteiger partial charge >= 0.3 is 0 Å². The monoisotopic (exact) mass is 465 g/mol. The van der Waals surface area contributed by atoms with Crippen LogP contribution in [-0.4, -0.2) is 42.6 Å². The molecule has 1 atom stereocenters. The molecule has 4 aromatic rings. The fraction of sp³-hybridized carbons (Fsp3) is 0.192. The SMILES string of the molecule is CC#CC(=O)N1CCCC1c1nc(-c2ccc(C(=O)Nc3ccccn3)cc2)c2c(N)nccn12. The van der Waals surface area contributed by atoms with Crippen LogP contribution >= 0.6 is 0 Å². The lowest BCUT2D eigenvalue weighted by atomic mass is 10.1. The van der Waals surface area contributed by atoms with Gasteiger partial charge < -0.3 is 16.0 Å². The summed E-state index contributed by atoms with van der Waals surface area (Å²) in [7, 11) is 0. The van der Waals surface area contributed by atoms with Gasteiger partial charge in [0.1, 0.15) is 28.7 Å². The lowest BCUT2D eigenvalue weighted by molar-refractivity contribution is -0.126. The molecule has 1 aliphatic heterocycles. The van der Waals surface area contributed by atoms with Gasteiger partial charge in [-0.3, -0.25) is 14.0 Å². The van der Waals surface area contributed by atoms with Gasteiger partial charge in [-0.2, -0.15) is 0 Å². The normalized spacial score (nSPS) is 15.0. The maximum atomic E-state index is 12.6. The smallest absolute Gasteiger partial charge is 0.299 e. The van der Waals surface area contributed by atoms with Crippen LogP contribution in [0.15, 0.2) is 61.1 Å². The van der Waals surface area contributed by atoms with Crippen molar-refractivity contribution in [2.75, 3.05) is 17.6 Å². The van der Waals surface area contributed by atoms with Crippen molar-refractivity contribution < 1.29 is 9.59 Å². The van der Waals surface area contributed by atoms with E-state index in [2.05, 4.69) is 27.1 Å². The number of hydrogen-bond acceptors (Lipinski definition) is 6. The Bertz CT molecular complexity index is 1470. The second kappa shape index (κ2) is 9.27. The molecule has 9 nitrogen and oxygen atoms in total. The maximum Gasteiger partial charge on any atom is 0.299 e. The van der Waals surface area contributed by atoms with Crippen molar-refractivity contribution in [2.24, 2.45) is 0 Å². The van der Waals surface area contributed by atoms with E-state index < -0.39 is 0 Å². The van der Waals surface area contributed by atoms with E-state index in [9.17, 15) is 9.59 Å². The predicted molar refractivity (Wildman–Crippen MR) is 132 cm³/mol. The molecular weight excluding hydrogens is 442 g/mol. The second-order valence-electron chi connectivity index (χ2n) is 8.13. The summed E-state index contributed by atoms with van der Waals surface area (Å²) < 4.78 is 1.90. The van der Waals surface area contributed by atoms with Crippen LogP contribution in [0.1, 0.15) is 42.0 Å². The second-order valence-corrected chi connectivity index (χ2v) is 8.13. The first-order valence-electron chi connectivity index (χ1n) is 11.3. The van der Waals surface area contributed by atoms with Crippen molar-refractivity contribution in [1.82, 2.24) is 24.3 Å². The van der Waals surface area contributed by atoms with E-state index >= 15 is 0 Å². The zero-order valence-corrected chi connectivity index (χ0v) is 19.1. The summed E-state index contributed by atoms with van der Waals surface area (Å²) in [5.74, 6) is 6.39. The first kappa shape index (κ1) is 22.1. The Balaban J connectivity index is 1.51. The molecule has 0 saturated carbocycles. The number of hydrogen-bond donors (Lipinski definition) is 2. The van der Waals surface area contributed by atoms with Gasteiger partial charge in [0.15, 0.2) is 0 Å². The summed E-state index contributed by atoms with van der Waals surface area (Å²) in [6, 6.07) is 12.2. The minimum atomic E-state index is -0.260. The molecule has 0 radical (unpaired) electrons. The lowest BCUT2D eigenvalue weighted by Gasteiger charge is -2.21. The summed E-state index contributed by atoms with van der Waals surface area (Å²) in [6.45, 7) is 2.28. The Hall–Kier alpha value is -4.71.